The van der Waals surface area contributed by atoms with Crippen LogP contribution in [-0.2, 0) is 22.9 Å². The number of aryl methyl sites for hydroxylation is 1. The van der Waals surface area contributed by atoms with Crippen LogP contribution in [0.15, 0.2) is 398 Å². The lowest BCUT2D eigenvalue weighted by atomic mass is 9.64. The lowest BCUT2D eigenvalue weighted by Gasteiger charge is -2.41. The SMILES string of the molecule is CC1(c2ccccc2-c2ccc3c(c2)Oc2ccccc2C32C3=C(C=CCC3)c3c(-c4cccc(-c5cccc(-c6nc(-c7cccc(-c8ccccc8)c7)nc(-c7ccccc7-c7ccc8c(c7)Oc7ccccc7C87c8ccccc8-c8ccccc87)n6)c5)c4)cccc32)N=C(c2ccccc2)N=C(c2ccc3c4c(ccc3c2)CCC=C4)N1. The highest BCUT2D eigenvalue weighted by molar-refractivity contribution is 6.15. The van der Waals surface area contributed by atoms with Gasteiger partial charge < -0.3 is 14.8 Å². The van der Waals surface area contributed by atoms with Crippen LogP contribution in [0.2, 0.25) is 0 Å². The van der Waals surface area contributed by atoms with Gasteiger partial charge in [-0.15, -0.1) is 0 Å². The average molecular weight is 1550 g/mol. The van der Waals surface area contributed by atoms with Crippen molar-refractivity contribution in [3.63, 3.8) is 0 Å². The lowest BCUT2D eigenvalue weighted by Crippen LogP contribution is -2.46. The number of amidine groups is 2. The number of nitrogens with one attached hydrogen (secondary N) is 1. The predicted octanol–water partition coefficient (Wildman–Crippen LogP) is 27.0. The lowest BCUT2D eigenvalue weighted by molar-refractivity contribution is 0.432. The molecule has 570 valence electrons. The van der Waals surface area contributed by atoms with Gasteiger partial charge in [-0.3, -0.25) is 0 Å². The van der Waals surface area contributed by atoms with Crippen molar-refractivity contribution in [2.24, 2.45) is 9.98 Å². The van der Waals surface area contributed by atoms with Crippen LogP contribution in [0.1, 0.15) is 98.5 Å². The summed E-state index contributed by atoms with van der Waals surface area (Å²) >= 11 is 0. The fourth-order valence-electron chi connectivity index (χ4n) is 20.7. The second-order valence-corrected chi connectivity index (χ2v) is 32.8. The molecule has 4 heterocycles. The van der Waals surface area contributed by atoms with E-state index in [2.05, 4.69) is 394 Å². The monoisotopic (exact) mass is 1550 g/mol. The minimum Gasteiger partial charge on any atom is -0.457 e. The molecule has 0 bridgehead atoms. The van der Waals surface area contributed by atoms with E-state index in [9.17, 15) is 0 Å². The van der Waals surface area contributed by atoms with E-state index in [1.54, 1.807) is 0 Å². The average Bonchev–Trinajstić information content (AvgIpc) is 1.55. The summed E-state index contributed by atoms with van der Waals surface area (Å²) in [5.41, 5.74) is 31.3. The summed E-state index contributed by atoms with van der Waals surface area (Å²) in [6.07, 6.45) is 13.3. The third-order valence-electron chi connectivity index (χ3n) is 26.1. The first-order valence-electron chi connectivity index (χ1n) is 41.9. The van der Waals surface area contributed by atoms with Crippen molar-refractivity contribution < 1.29 is 9.47 Å². The molecule has 4 aliphatic carbocycles. The number of aliphatic imine (C=N–C) groups is 2. The molecule has 24 rings (SSSR count). The molecule has 3 aliphatic heterocycles. The molecule has 0 saturated heterocycles. The highest BCUT2D eigenvalue weighted by Gasteiger charge is 2.54. The third-order valence-corrected chi connectivity index (χ3v) is 26.1. The van der Waals surface area contributed by atoms with Crippen LogP contribution in [0.5, 0.6) is 23.0 Å². The number of fused-ring (bicyclic) bond motifs is 20. The van der Waals surface area contributed by atoms with E-state index in [1.165, 1.54) is 72.0 Å². The van der Waals surface area contributed by atoms with Crippen LogP contribution in [0.3, 0.4) is 0 Å². The molecule has 2 spiro atoms. The van der Waals surface area contributed by atoms with Crippen LogP contribution >= 0.6 is 0 Å². The van der Waals surface area contributed by atoms with Crippen molar-refractivity contribution in [1.29, 1.82) is 0 Å². The second-order valence-electron chi connectivity index (χ2n) is 32.8. The van der Waals surface area contributed by atoms with Crippen molar-refractivity contribution in [2.45, 2.75) is 49.1 Å². The summed E-state index contributed by atoms with van der Waals surface area (Å²) in [5.74, 6) is 6.45. The molecule has 1 N–H and O–H groups in total. The van der Waals surface area contributed by atoms with E-state index in [4.69, 9.17) is 34.4 Å². The Morgan fingerprint density at radius 2 is 0.777 bits per heavy atom. The van der Waals surface area contributed by atoms with Crippen LogP contribution in [-0.4, -0.2) is 26.6 Å². The molecule has 2 atom stereocenters. The summed E-state index contributed by atoms with van der Waals surface area (Å²) < 4.78 is 14.4. The Balaban J connectivity index is 0.598. The van der Waals surface area contributed by atoms with E-state index in [-0.39, 0.29) is 0 Å². The van der Waals surface area contributed by atoms with Crippen LogP contribution in [0.25, 0.3) is 123 Å². The van der Waals surface area contributed by atoms with E-state index >= 15 is 0 Å². The topological polar surface area (TPSA) is 93.9 Å². The summed E-state index contributed by atoms with van der Waals surface area (Å²) in [7, 11) is 0. The number of aromatic nitrogens is 3. The van der Waals surface area contributed by atoms with Crippen molar-refractivity contribution in [2.75, 3.05) is 0 Å². The number of ether oxygens (including phenoxy) is 2. The zero-order chi connectivity index (χ0) is 79.9. The van der Waals surface area contributed by atoms with Gasteiger partial charge in [0.05, 0.1) is 10.8 Å². The molecule has 8 nitrogen and oxygen atoms in total. The number of para-hydroxylation sites is 2. The van der Waals surface area contributed by atoms with Gasteiger partial charge in [-0.05, 0) is 203 Å². The van der Waals surface area contributed by atoms with E-state index in [0.29, 0.717) is 23.3 Å². The molecule has 7 aliphatic rings. The number of benzene rings is 16. The Hall–Kier alpha value is -15.3. The molecule has 17 aromatic rings. The zero-order valence-corrected chi connectivity index (χ0v) is 66.3. The van der Waals surface area contributed by atoms with Crippen molar-refractivity contribution in [3.05, 3.63) is 460 Å². The molecule has 0 radical (unpaired) electrons. The molecule has 0 fully saturated rings. The molecule has 0 saturated carbocycles. The number of hydrogen-bond donors (Lipinski definition) is 1. The van der Waals surface area contributed by atoms with Gasteiger partial charge in [-0.1, -0.05) is 340 Å². The predicted molar refractivity (Wildman–Crippen MR) is 490 cm³/mol. The van der Waals surface area contributed by atoms with Gasteiger partial charge in [0.2, 0.25) is 0 Å². The molecule has 2 unspecified atom stereocenters. The van der Waals surface area contributed by atoms with E-state index in [1.807, 2.05) is 6.07 Å². The first kappa shape index (κ1) is 70.0. The summed E-state index contributed by atoms with van der Waals surface area (Å²) in [4.78, 5) is 27.4. The fraction of sp³-hybridized carbons (Fsp3) is 0.0708. The van der Waals surface area contributed by atoms with E-state index < -0.39 is 16.5 Å². The smallest absolute Gasteiger partial charge is 0.164 e. The highest BCUT2D eigenvalue weighted by Crippen LogP contribution is 2.66. The van der Waals surface area contributed by atoms with Crippen LogP contribution < -0.4 is 14.8 Å². The largest absolute Gasteiger partial charge is 0.457 e. The Morgan fingerprint density at radius 1 is 0.306 bits per heavy atom. The summed E-state index contributed by atoms with van der Waals surface area (Å²) in [5, 5.41) is 6.37. The minimum absolute atomic E-state index is 0.557. The number of hydrogen-bond acceptors (Lipinski definition) is 8. The number of nitrogens with zero attached hydrogens (tertiary/aromatic N) is 5. The van der Waals surface area contributed by atoms with Crippen molar-refractivity contribution in [3.8, 4) is 124 Å². The maximum Gasteiger partial charge on any atom is 0.164 e. The van der Waals surface area contributed by atoms with Crippen LogP contribution in [0.4, 0.5) is 0 Å². The Labute approximate surface area is 702 Å². The second kappa shape index (κ2) is 27.7. The third kappa shape index (κ3) is 11.0. The van der Waals surface area contributed by atoms with Crippen molar-refractivity contribution >= 4 is 34.1 Å². The normalized spacial score (nSPS) is 16.8. The maximum atomic E-state index is 7.31. The first-order valence-corrected chi connectivity index (χ1v) is 41.9. The summed E-state index contributed by atoms with van der Waals surface area (Å²) in [6, 6.07) is 131. The Kier molecular flexibility index (Phi) is 16.0. The number of allylic oxidation sites excluding steroid dienone is 5. The van der Waals surface area contributed by atoms with E-state index in [0.717, 1.165) is 160 Å². The molecule has 1 aromatic heterocycles. The van der Waals surface area contributed by atoms with Gasteiger partial charge in [0.1, 0.15) is 28.8 Å². The van der Waals surface area contributed by atoms with Gasteiger partial charge in [-0.2, -0.15) is 0 Å². The van der Waals surface area contributed by atoms with Crippen molar-refractivity contribution in [1.82, 2.24) is 20.3 Å². The molecular weight excluding hydrogens is 1470 g/mol. The quantitative estimate of drug-likeness (QED) is 0.139. The molecule has 0 amide bonds. The zero-order valence-electron chi connectivity index (χ0n) is 66.3. The highest BCUT2D eigenvalue weighted by atomic mass is 16.5. The molecule has 121 heavy (non-hydrogen) atoms. The van der Waals surface area contributed by atoms with Crippen LogP contribution in [0, 0.1) is 0 Å². The molecule has 8 heteroatoms. The van der Waals surface area contributed by atoms with Gasteiger partial charge in [0, 0.05) is 55.6 Å². The molecule has 16 aromatic carbocycles. The van der Waals surface area contributed by atoms with Gasteiger partial charge in [0.25, 0.3) is 0 Å². The molecular formula is C113H76N6O2. The summed E-state index contributed by atoms with van der Waals surface area (Å²) in [6.45, 7) is 2.18. The van der Waals surface area contributed by atoms with Gasteiger partial charge in [0.15, 0.2) is 29.0 Å². The Morgan fingerprint density at radius 3 is 1.46 bits per heavy atom. The first-order chi connectivity index (χ1) is 59.8. The minimum atomic E-state index is -0.945. The number of rotatable bonds is 11. The standard InChI is InChI=1S/C113H76N6O2/c1-111(118-108(72-31-6-3-7-32-72)117-109(119-111)82-58-61-85-77(67-82)57-56-71-30-8-9-39-83(71)85)92-47-16-12-41-86(92)79-60-63-99-104(69-79)121-102-55-23-21-52-97(102)113(99)95-50-19-15-45-91(95)105-87(46-27-53-100(105)113)76-36-24-34-74(64-76)75-35-26-38-81(66-75)107-114-106(80-37-25-33-73(65-80)70-28-4-2-5-29-70)115-110(116-107)90-44-11-10-40-84(90)78-59-62-98-103(68-78)120-101-54-22-20-51-96(101)112(98)93-48-17-13-42-88(93)89-43-14-18-49-94(89)112/h2-7,9-18,20-29,31-49,51-69H,8,19,30,50H2,1H3,(H,117,118,119). The fourth-order valence-corrected chi connectivity index (χ4v) is 20.7. The Bertz CT molecular complexity index is 7370. The van der Waals surface area contributed by atoms with Gasteiger partial charge in [-0.25, -0.2) is 24.9 Å². The van der Waals surface area contributed by atoms with Gasteiger partial charge >= 0.3 is 0 Å². The maximum absolute atomic E-state index is 7.31.